The number of rotatable bonds is 9. The van der Waals surface area contributed by atoms with Crippen LogP contribution >= 0.6 is 0 Å². The fraction of sp³-hybridized carbons (Fsp3) is 0.259. The number of aliphatic hydroxyl groups excluding tert-OH is 1. The van der Waals surface area contributed by atoms with Crippen LogP contribution in [-0.2, 0) is 13.1 Å². The lowest BCUT2D eigenvalue weighted by Crippen LogP contribution is -2.38. The summed E-state index contributed by atoms with van der Waals surface area (Å²) in [4.78, 5) is 9.16. The predicted octanol–water partition coefficient (Wildman–Crippen LogP) is 4.26. The molecule has 170 valence electrons. The average Bonchev–Trinajstić information content (AvgIpc) is 3.26. The molecule has 1 heterocycles. The molecule has 0 amide bonds. The molecule has 0 aliphatic heterocycles. The Kier molecular flexibility index (Phi) is 7.72. The molecule has 0 saturated carbocycles. The van der Waals surface area contributed by atoms with Crippen molar-refractivity contribution in [3.05, 3.63) is 102 Å². The highest BCUT2D eigenvalue weighted by atomic mass is 16.3. The largest absolute Gasteiger partial charge is 0.388 e. The van der Waals surface area contributed by atoms with E-state index in [1.165, 1.54) is 5.56 Å². The number of aromatic nitrogens is 2. The Balaban J connectivity index is 1.31. The molecule has 0 aliphatic carbocycles. The number of imidazole rings is 1. The lowest BCUT2D eigenvalue weighted by Gasteiger charge is -2.14. The highest BCUT2D eigenvalue weighted by Gasteiger charge is 2.07. The van der Waals surface area contributed by atoms with Crippen molar-refractivity contribution < 1.29 is 5.11 Å². The van der Waals surface area contributed by atoms with Crippen LogP contribution in [0.1, 0.15) is 36.1 Å². The smallest absolute Gasteiger partial charge is 0.191 e. The summed E-state index contributed by atoms with van der Waals surface area (Å²) in [6.07, 6.45) is 2.03. The van der Waals surface area contributed by atoms with E-state index in [-0.39, 0.29) is 0 Å². The number of nitrogens with one attached hydrogen (secondary N) is 2. The van der Waals surface area contributed by atoms with Gasteiger partial charge in [0.2, 0.25) is 0 Å². The summed E-state index contributed by atoms with van der Waals surface area (Å²) in [5.74, 6) is 0.756. The zero-order chi connectivity index (χ0) is 22.9. The number of para-hydroxylation sites is 2. The lowest BCUT2D eigenvalue weighted by atomic mass is 10.1. The molecule has 3 aromatic carbocycles. The summed E-state index contributed by atoms with van der Waals surface area (Å²) in [7, 11) is 0. The Bertz CT molecular complexity index is 1170. The minimum Gasteiger partial charge on any atom is -0.388 e. The second kappa shape index (κ2) is 11.3. The minimum absolute atomic E-state index is 0.485. The van der Waals surface area contributed by atoms with Gasteiger partial charge in [0.05, 0.1) is 30.0 Å². The molecule has 0 saturated heterocycles. The molecule has 0 fully saturated rings. The summed E-state index contributed by atoms with van der Waals surface area (Å²) < 4.78 is 2.17. The van der Waals surface area contributed by atoms with E-state index in [1.807, 2.05) is 61.8 Å². The highest BCUT2D eigenvalue weighted by molar-refractivity contribution is 5.79. The third-order valence-electron chi connectivity index (χ3n) is 5.56. The van der Waals surface area contributed by atoms with Crippen molar-refractivity contribution in [1.82, 2.24) is 20.2 Å². The van der Waals surface area contributed by atoms with Crippen molar-refractivity contribution in [2.45, 2.75) is 32.5 Å². The van der Waals surface area contributed by atoms with Crippen LogP contribution in [0.4, 0.5) is 0 Å². The van der Waals surface area contributed by atoms with E-state index >= 15 is 0 Å². The predicted molar refractivity (Wildman–Crippen MR) is 134 cm³/mol. The molecular weight excluding hydrogens is 410 g/mol. The maximum absolute atomic E-state index is 10.3. The van der Waals surface area contributed by atoms with Gasteiger partial charge in [-0.05, 0) is 42.2 Å². The maximum Gasteiger partial charge on any atom is 0.191 e. The summed E-state index contributed by atoms with van der Waals surface area (Å²) >= 11 is 0. The first kappa shape index (κ1) is 22.6. The number of guanidine groups is 1. The summed E-state index contributed by atoms with van der Waals surface area (Å²) in [6, 6.07) is 26.5. The number of aliphatic imine (C=N–C) groups is 1. The van der Waals surface area contributed by atoms with Crippen LogP contribution in [-0.4, -0.2) is 33.7 Å². The van der Waals surface area contributed by atoms with Crippen LogP contribution < -0.4 is 10.6 Å². The zero-order valence-corrected chi connectivity index (χ0v) is 19.0. The SMILES string of the molecule is CCNC(=NCc1ccc(Cn2cnc3ccccc32)cc1)NCCC(O)c1ccccc1. The van der Waals surface area contributed by atoms with Crippen LogP contribution in [0.3, 0.4) is 0 Å². The number of hydrogen-bond acceptors (Lipinski definition) is 3. The molecule has 0 spiro atoms. The van der Waals surface area contributed by atoms with Gasteiger partial charge in [0.1, 0.15) is 0 Å². The van der Waals surface area contributed by atoms with Gasteiger partial charge in [0.25, 0.3) is 0 Å². The molecule has 0 bridgehead atoms. The van der Waals surface area contributed by atoms with E-state index in [1.54, 1.807) is 0 Å². The van der Waals surface area contributed by atoms with Gasteiger partial charge in [-0.25, -0.2) is 9.98 Å². The number of hydrogen-bond donors (Lipinski definition) is 3. The maximum atomic E-state index is 10.3. The third-order valence-corrected chi connectivity index (χ3v) is 5.56. The molecule has 0 radical (unpaired) electrons. The standard InChI is InChI=1S/C27H31N5O/c1-2-28-27(29-17-16-26(33)23-8-4-3-5-9-23)30-18-21-12-14-22(15-13-21)19-32-20-31-24-10-6-7-11-25(24)32/h3-15,20,26,33H,2,16-19H2,1H3,(H2,28,29,30). The third kappa shape index (κ3) is 6.20. The number of benzene rings is 3. The van der Waals surface area contributed by atoms with Gasteiger partial charge in [-0.1, -0.05) is 66.7 Å². The Labute approximate surface area is 195 Å². The first-order valence-corrected chi connectivity index (χ1v) is 11.5. The Morgan fingerprint density at radius 3 is 2.45 bits per heavy atom. The van der Waals surface area contributed by atoms with Gasteiger partial charge >= 0.3 is 0 Å². The fourth-order valence-electron chi connectivity index (χ4n) is 3.76. The molecule has 6 heteroatoms. The van der Waals surface area contributed by atoms with Crippen LogP contribution in [0.5, 0.6) is 0 Å². The van der Waals surface area contributed by atoms with Crippen LogP contribution in [0.2, 0.25) is 0 Å². The van der Waals surface area contributed by atoms with Crippen LogP contribution in [0, 0.1) is 0 Å². The van der Waals surface area contributed by atoms with Gasteiger partial charge in [-0.3, -0.25) is 0 Å². The van der Waals surface area contributed by atoms with Gasteiger partial charge in [-0.2, -0.15) is 0 Å². The highest BCUT2D eigenvalue weighted by Crippen LogP contribution is 2.16. The van der Waals surface area contributed by atoms with Crippen molar-refractivity contribution in [2.75, 3.05) is 13.1 Å². The van der Waals surface area contributed by atoms with Gasteiger partial charge in [0, 0.05) is 19.6 Å². The van der Waals surface area contributed by atoms with Crippen LogP contribution in [0.25, 0.3) is 11.0 Å². The van der Waals surface area contributed by atoms with Gasteiger partial charge in [-0.15, -0.1) is 0 Å². The van der Waals surface area contributed by atoms with Gasteiger partial charge < -0.3 is 20.3 Å². The Morgan fingerprint density at radius 2 is 1.67 bits per heavy atom. The molecule has 6 nitrogen and oxygen atoms in total. The average molecular weight is 442 g/mol. The normalized spacial score (nSPS) is 12.6. The molecule has 4 aromatic rings. The molecular formula is C27H31N5O. The van der Waals surface area contributed by atoms with E-state index in [0.29, 0.717) is 19.5 Å². The van der Waals surface area contributed by atoms with E-state index < -0.39 is 6.10 Å². The molecule has 1 unspecified atom stereocenters. The Morgan fingerprint density at radius 1 is 0.939 bits per heavy atom. The van der Waals surface area contributed by atoms with Crippen molar-refractivity contribution >= 4 is 17.0 Å². The fourth-order valence-corrected chi connectivity index (χ4v) is 3.76. The molecule has 1 atom stereocenters. The van der Waals surface area contributed by atoms with Crippen molar-refractivity contribution in [1.29, 1.82) is 0 Å². The second-order valence-corrected chi connectivity index (χ2v) is 8.01. The lowest BCUT2D eigenvalue weighted by molar-refractivity contribution is 0.168. The molecule has 33 heavy (non-hydrogen) atoms. The molecule has 3 N–H and O–H groups in total. The monoisotopic (exact) mass is 441 g/mol. The van der Waals surface area contributed by atoms with E-state index in [4.69, 9.17) is 4.99 Å². The summed E-state index contributed by atoms with van der Waals surface area (Å²) in [5, 5.41) is 16.9. The Hall–Kier alpha value is -3.64. The topological polar surface area (TPSA) is 74.5 Å². The first-order valence-electron chi connectivity index (χ1n) is 11.5. The zero-order valence-electron chi connectivity index (χ0n) is 19.0. The van der Waals surface area contributed by atoms with Crippen LogP contribution in [0.15, 0.2) is 90.2 Å². The van der Waals surface area contributed by atoms with Crippen molar-refractivity contribution in [3.8, 4) is 0 Å². The summed E-state index contributed by atoms with van der Waals surface area (Å²) in [5.41, 5.74) is 5.47. The number of fused-ring (bicyclic) bond motifs is 1. The quantitative estimate of drug-likeness (QED) is 0.268. The number of nitrogens with zero attached hydrogens (tertiary/aromatic N) is 3. The molecule has 4 rings (SSSR count). The minimum atomic E-state index is -0.485. The van der Waals surface area contributed by atoms with E-state index in [0.717, 1.165) is 41.2 Å². The van der Waals surface area contributed by atoms with E-state index in [9.17, 15) is 5.11 Å². The summed E-state index contributed by atoms with van der Waals surface area (Å²) in [6.45, 7) is 4.85. The van der Waals surface area contributed by atoms with E-state index in [2.05, 4.69) is 50.5 Å². The molecule has 1 aromatic heterocycles. The number of aliphatic hydroxyl groups is 1. The molecule has 0 aliphatic rings. The van der Waals surface area contributed by atoms with Crippen molar-refractivity contribution in [2.24, 2.45) is 4.99 Å². The first-order chi connectivity index (χ1) is 16.2. The van der Waals surface area contributed by atoms with Gasteiger partial charge in [0.15, 0.2) is 5.96 Å². The second-order valence-electron chi connectivity index (χ2n) is 8.01. The van der Waals surface area contributed by atoms with Crippen molar-refractivity contribution in [3.63, 3.8) is 0 Å².